The van der Waals surface area contributed by atoms with Crippen molar-refractivity contribution in [3.8, 4) is 0 Å². The molecule has 5 heteroatoms. The van der Waals surface area contributed by atoms with Crippen molar-refractivity contribution in [2.45, 2.75) is 6.54 Å². The quantitative estimate of drug-likeness (QED) is 0.764. The average molecular weight is 357 g/mol. The molecule has 2 aromatic heterocycles. The summed E-state index contributed by atoms with van der Waals surface area (Å²) in [4.78, 5) is 11.0. The predicted molar refractivity (Wildman–Crippen MR) is 95.3 cm³/mol. The van der Waals surface area contributed by atoms with Gasteiger partial charge >= 0.3 is 0 Å². The van der Waals surface area contributed by atoms with Crippen LogP contribution in [0.5, 0.6) is 0 Å². The predicted octanol–water partition coefficient (Wildman–Crippen LogP) is 4.07. The molecular formula is C17H17BrN4. The van der Waals surface area contributed by atoms with Crippen LogP contribution in [0.2, 0.25) is 0 Å². The van der Waals surface area contributed by atoms with Crippen molar-refractivity contribution in [2.75, 3.05) is 24.3 Å². The van der Waals surface area contributed by atoms with Gasteiger partial charge in [0.2, 0.25) is 0 Å². The largest absolute Gasteiger partial charge is 0.366 e. The van der Waals surface area contributed by atoms with Crippen molar-refractivity contribution in [1.82, 2.24) is 9.97 Å². The number of rotatable bonds is 4. The van der Waals surface area contributed by atoms with E-state index in [0.29, 0.717) is 6.54 Å². The number of hydrogen-bond donors (Lipinski definition) is 1. The van der Waals surface area contributed by atoms with E-state index in [4.69, 9.17) is 0 Å². The van der Waals surface area contributed by atoms with E-state index in [-0.39, 0.29) is 0 Å². The van der Waals surface area contributed by atoms with Crippen LogP contribution in [0, 0.1) is 0 Å². The Morgan fingerprint density at radius 3 is 2.68 bits per heavy atom. The first-order chi connectivity index (χ1) is 10.6. The highest BCUT2D eigenvalue weighted by atomic mass is 79.9. The van der Waals surface area contributed by atoms with Crippen molar-refractivity contribution in [3.05, 3.63) is 58.7 Å². The normalized spacial score (nSPS) is 10.7. The minimum atomic E-state index is 0.707. The molecule has 0 unspecified atom stereocenters. The SMILES string of the molecule is CN(C)c1cc(CNc2ccc(Br)cn2)c2ccccc2n1. The number of fused-ring (bicyclic) bond motifs is 1. The number of hydrogen-bond acceptors (Lipinski definition) is 4. The number of para-hydroxylation sites is 1. The van der Waals surface area contributed by atoms with Gasteiger partial charge in [0.25, 0.3) is 0 Å². The van der Waals surface area contributed by atoms with Crippen LogP contribution >= 0.6 is 15.9 Å². The number of aromatic nitrogens is 2. The summed E-state index contributed by atoms with van der Waals surface area (Å²) in [7, 11) is 4.01. The first-order valence-electron chi connectivity index (χ1n) is 7.05. The lowest BCUT2D eigenvalue weighted by molar-refractivity contribution is 1.06. The molecule has 0 radical (unpaired) electrons. The van der Waals surface area contributed by atoms with Crippen molar-refractivity contribution in [2.24, 2.45) is 0 Å². The van der Waals surface area contributed by atoms with Crippen LogP contribution in [-0.2, 0) is 6.54 Å². The fourth-order valence-corrected chi connectivity index (χ4v) is 2.51. The second kappa shape index (κ2) is 6.32. The third kappa shape index (κ3) is 3.20. The molecule has 0 spiro atoms. The maximum Gasteiger partial charge on any atom is 0.129 e. The van der Waals surface area contributed by atoms with Crippen molar-refractivity contribution in [1.29, 1.82) is 0 Å². The van der Waals surface area contributed by atoms with Crippen molar-refractivity contribution in [3.63, 3.8) is 0 Å². The van der Waals surface area contributed by atoms with E-state index < -0.39 is 0 Å². The number of benzene rings is 1. The van der Waals surface area contributed by atoms with Crippen LogP contribution in [0.25, 0.3) is 10.9 Å². The molecule has 4 nitrogen and oxygen atoms in total. The summed E-state index contributed by atoms with van der Waals surface area (Å²) < 4.78 is 0.974. The Morgan fingerprint density at radius 1 is 1.14 bits per heavy atom. The molecule has 3 rings (SSSR count). The lowest BCUT2D eigenvalue weighted by Crippen LogP contribution is -2.12. The highest BCUT2D eigenvalue weighted by molar-refractivity contribution is 9.10. The van der Waals surface area contributed by atoms with E-state index in [9.17, 15) is 0 Å². The van der Waals surface area contributed by atoms with Gasteiger partial charge in [0.1, 0.15) is 11.6 Å². The molecule has 0 aliphatic heterocycles. The first kappa shape index (κ1) is 14.8. The van der Waals surface area contributed by atoms with Gasteiger partial charge in [-0.05, 0) is 45.8 Å². The molecule has 0 saturated heterocycles. The van der Waals surface area contributed by atoms with Crippen LogP contribution in [0.4, 0.5) is 11.6 Å². The third-order valence-electron chi connectivity index (χ3n) is 3.43. The second-order valence-corrected chi connectivity index (χ2v) is 6.18. The van der Waals surface area contributed by atoms with Gasteiger partial charge in [0.15, 0.2) is 0 Å². The molecule has 2 heterocycles. The van der Waals surface area contributed by atoms with Crippen LogP contribution in [0.15, 0.2) is 53.1 Å². The van der Waals surface area contributed by atoms with E-state index in [2.05, 4.69) is 43.3 Å². The second-order valence-electron chi connectivity index (χ2n) is 5.27. The van der Waals surface area contributed by atoms with Crippen LogP contribution in [0.3, 0.4) is 0 Å². The molecule has 0 amide bonds. The number of nitrogens with one attached hydrogen (secondary N) is 1. The van der Waals surface area contributed by atoms with E-state index in [0.717, 1.165) is 27.0 Å². The monoisotopic (exact) mass is 356 g/mol. The minimum Gasteiger partial charge on any atom is -0.366 e. The minimum absolute atomic E-state index is 0.707. The summed E-state index contributed by atoms with van der Waals surface area (Å²) in [5.41, 5.74) is 2.22. The molecule has 1 N–H and O–H groups in total. The summed E-state index contributed by atoms with van der Waals surface area (Å²) >= 11 is 3.40. The smallest absolute Gasteiger partial charge is 0.129 e. The lowest BCUT2D eigenvalue weighted by Gasteiger charge is -2.15. The fourth-order valence-electron chi connectivity index (χ4n) is 2.27. The van der Waals surface area contributed by atoms with Crippen molar-refractivity contribution >= 4 is 38.5 Å². The standard InChI is InChI=1S/C17H17BrN4/c1-22(2)17-9-12(14-5-3-4-6-15(14)21-17)10-19-16-8-7-13(18)11-20-16/h3-9,11H,10H2,1-2H3,(H,19,20). The van der Waals surface area contributed by atoms with E-state index in [1.807, 2.05) is 49.3 Å². The van der Waals surface area contributed by atoms with E-state index >= 15 is 0 Å². The first-order valence-corrected chi connectivity index (χ1v) is 7.84. The molecular weight excluding hydrogens is 340 g/mol. The van der Waals surface area contributed by atoms with Gasteiger partial charge in [0, 0.05) is 36.7 Å². The Kier molecular flexibility index (Phi) is 4.24. The fraction of sp³-hybridized carbons (Fsp3) is 0.176. The van der Waals surface area contributed by atoms with Crippen LogP contribution < -0.4 is 10.2 Å². The summed E-state index contributed by atoms with van der Waals surface area (Å²) in [6, 6.07) is 14.3. The highest BCUT2D eigenvalue weighted by Crippen LogP contribution is 2.23. The number of nitrogens with zero attached hydrogens (tertiary/aromatic N) is 3. The number of pyridine rings is 2. The molecule has 112 valence electrons. The van der Waals surface area contributed by atoms with Gasteiger partial charge in [-0.15, -0.1) is 0 Å². The molecule has 0 atom stereocenters. The van der Waals surface area contributed by atoms with Crippen molar-refractivity contribution < 1.29 is 0 Å². The zero-order valence-electron chi connectivity index (χ0n) is 12.5. The summed E-state index contributed by atoms with van der Waals surface area (Å²) in [5, 5.41) is 4.53. The van der Waals surface area contributed by atoms with E-state index in [1.165, 1.54) is 5.56 Å². The highest BCUT2D eigenvalue weighted by Gasteiger charge is 2.07. The Balaban J connectivity index is 1.93. The Labute approximate surface area is 138 Å². The molecule has 0 aliphatic rings. The molecule has 0 fully saturated rings. The Bertz CT molecular complexity index is 784. The molecule has 3 aromatic rings. The van der Waals surface area contributed by atoms with E-state index in [1.54, 1.807) is 6.20 Å². The zero-order chi connectivity index (χ0) is 15.5. The van der Waals surface area contributed by atoms with Gasteiger partial charge in [-0.3, -0.25) is 0 Å². The van der Waals surface area contributed by atoms with Gasteiger partial charge < -0.3 is 10.2 Å². The van der Waals surface area contributed by atoms with Gasteiger partial charge in [-0.1, -0.05) is 18.2 Å². The van der Waals surface area contributed by atoms with Gasteiger partial charge in [-0.25, -0.2) is 9.97 Å². The zero-order valence-corrected chi connectivity index (χ0v) is 14.1. The Hall–Kier alpha value is -2.14. The Morgan fingerprint density at radius 2 is 1.95 bits per heavy atom. The maximum absolute atomic E-state index is 4.68. The molecule has 0 saturated carbocycles. The molecule has 0 bridgehead atoms. The lowest BCUT2D eigenvalue weighted by atomic mass is 10.1. The molecule has 1 aromatic carbocycles. The summed E-state index contributed by atoms with van der Waals surface area (Å²) in [6.07, 6.45) is 1.79. The summed E-state index contributed by atoms with van der Waals surface area (Å²) in [6.45, 7) is 0.707. The summed E-state index contributed by atoms with van der Waals surface area (Å²) in [5.74, 6) is 1.81. The average Bonchev–Trinajstić information content (AvgIpc) is 2.53. The van der Waals surface area contributed by atoms with Gasteiger partial charge in [-0.2, -0.15) is 0 Å². The molecule has 22 heavy (non-hydrogen) atoms. The van der Waals surface area contributed by atoms with Crippen LogP contribution in [-0.4, -0.2) is 24.1 Å². The molecule has 0 aliphatic carbocycles. The van der Waals surface area contributed by atoms with Crippen LogP contribution in [0.1, 0.15) is 5.56 Å². The van der Waals surface area contributed by atoms with Gasteiger partial charge in [0.05, 0.1) is 5.52 Å². The number of anilines is 2. The topological polar surface area (TPSA) is 41.0 Å². The number of halogens is 1. The maximum atomic E-state index is 4.68. The third-order valence-corrected chi connectivity index (χ3v) is 3.90.